The summed E-state index contributed by atoms with van der Waals surface area (Å²) in [6, 6.07) is 5.58. The van der Waals surface area contributed by atoms with Crippen LogP contribution in [0.15, 0.2) is 32.0 Å². The lowest BCUT2D eigenvalue weighted by Crippen LogP contribution is -1.94. The van der Waals surface area contributed by atoms with E-state index in [4.69, 9.17) is 4.42 Å². The molecule has 3 aromatic rings. The number of aryl methyl sites for hydroxylation is 1. The van der Waals surface area contributed by atoms with Crippen molar-refractivity contribution >= 4 is 27.0 Å². The van der Waals surface area contributed by atoms with Crippen molar-refractivity contribution in [1.29, 1.82) is 0 Å². The Morgan fingerprint density at radius 3 is 2.89 bits per heavy atom. The Labute approximate surface area is 111 Å². The molecule has 0 aliphatic rings. The third kappa shape index (κ3) is 1.60. The molecule has 0 unspecified atom stereocenters. The summed E-state index contributed by atoms with van der Waals surface area (Å²) >= 11 is 3.44. The molecule has 1 N–H and O–H groups in total. The first-order valence-electron chi connectivity index (χ1n) is 5.38. The molecule has 2 aromatic heterocycles. The minimum atomic E-state index is -0.442. The van der Waals surface area contributed by atoms with Gasteiger partial charge >= 0.3 is 5.76 Å². The van der Waals surface area contributed by atoms with E-state index in [9.17, 15) is 4.79 Å². The van der Waals surface area contributed by atoms with E-state index in [0.29, 0.717) is 11.1 Å². The third-order valence-corrected chi connectivity index (χ3v) is 3.52. The average Bonchev–Trinajstić information content (AvgIpc) is 2.78. The standard InChI is InChI=1S/C12H10BrN3O2/c1-6-14-11(13)10(16(6)2)7-3-4-8-9(5-7)18-12(17)15-8/h3-5H,1-2H3,(H,15,17). The van der Waals surface area contributed by atoms with Gasteiger partial charge in [0.05, 0.1) is 11.2 Å². The molecule has 5 nitrogen and oxygen atoms in total. The molecule has 1 aromatic carbocycles. The van der Waals surface area contributed by atoms with Crippen LogP contribution < -0.4 is 5.76 Å². The maximum atomic E-state index is 11.1. The lowest BCUT2D eigenvalue weighted by atomic mass is 10.1. The number of imidazole rings is 1. The van der Waals surface area contributed by atoms with E-state index in [1.165, 1.54) is 0 Å². The van der Waals surface area contributed by atoms with Crippen molar-refractivity contribution in [3.05, 3.63) is 39.2 Å². The number of benzene rings is 1. The minimum absolute atomic E-state index is 0.442. The fourth-order valence-electron chi connectivity index (χ4n) is 1.98. The lowest BCUT2D eigenvalue weighted by molar-refractivity contribution is 0.555. The van der Waals surface area contributed by atoms with Gasteiger partial charge in [-0.3, -0.25) is 4.98 Å². The first-order chi connectivity index (χ1) is 8.56. The van der Waals surface area contributed by atoms with Gasteiger partial charge in [-0.2, -0.15) is 0 Å². The maximum absolute atomic E-state index is 11.1. The van der Waals surface area contributed by atoms with Gasteiger partial charge in [0.15, 0.2) is 5.58 Å². The molecule has 2 heterocycles. The average molecular weight is 308 g/mol. The molecule has 0 aliphatic heterocycles. The van der Waals surface area contributed by atoms with Crippen molar-refractivity contribution in [2.24, 2.45) is 7.05 Å². The van der Waals surface area contributed by atoms with E-state index < -0.39 is 5.76 Å². The highest BCUT2D eigenvalue weighted by atomic mass is 79.9. The smallest absolute Gasteiger partial charge is 0.408 e. The van der Waals surface area contributed by atoms with Gasteiger partial charge in [0.25, 0.3) is 0 Å². The summed E-state index contributed by atoms with van der Waals surface area (Å²) in [4.78, 5) is 18.1. The van der Waals surface area contributed by atoms with Gasteiger partial charge in [0.2, 0.25) is 0 Å². The zero-order valence-corrected chi connectivity index (χ0v) is 11.4. The SMILES string of the molecule is Cc1nc(Br)c(-c2ccc3[nH]c(=O)oc3c2)n1C. The molecule has 18 heavy (non-hydrogen) atoms. The largest absolute Gasteiger partial charge is 0.417 e. The zero-order valence-electron chi connectivity index (χ0n) is 9.82. The fraction of sp³-hybridized carbons (Fsp3) is 0.167. The molecule has 0 fully saturated rings. The highest BCUT2D eigenvalue weighted by Gasteiger charge is 2.13. The molecule has 0 radical (unpaired) electrons. The summed E-state index contributed by atoms with van der Waals surface area (Å²) in [7, 11) is 1.94. The van der Waals surface area contributed by atoms with Crippen LogP contribution in [0.5, 0.6) is 0 Å². The van der Waals surface area contributed by atoms with Crippen LogP contribution in [0, 0.1) is 6.92 Å². The summed E-state index contributed by atoms with van der Waals surface area (Å²) in [5.41, 5.74) is 3.14. The first kappa shape index (κ1) is 11.3. The topological polar surface area (TPSA) is 63.8 Å². The monoisotopic (exact) mass is 307 g/mol. The second-order valence-electron chi connectivity index (χ2n) is 4.08. The van der Waals surface area contributed by atoms with Gasteiger partial charge in [-0.15, -0.1) is 0 Å². The Bertz CT molecular complexity index is 797. The molecule has 0 saturated carbocycles. The number of oxazole rings is 1. The van der Waals surface area contributed by atoms with Crippen LogP contribution in [0.4, 0.5) is 0 Å². The van der Waals surface area contributed by atoms with Crippen LogP contribution in [-0.4, -0.2) is 14.5 Å². The van der Waals surface area contributed by atoms with Crippen LogP contribution in [0.3, 0.4) is 0 Å². The van der Waals surface area contributed by atoms with Crippen LogP contribution >= 0.6 is 15.9 Å². The minimum Gasteiger partial charge on any atom is -0.408 e. The molecule has 6 heteroatoms. The number of halogens is 1. The molecular formula is C12H10BrN3O2. The Balaban J connectivity index is 2.28. The Kier molecular flexibility index (Phi) is 2.41. The predicted octanol–water partition coefficient (Wildman–Crippen LogP) is 2.59. The predicted molar refractivity (Wildman–Crippen MR) is 71.5 cm³/mol. The molecular weight excluding hydrogens is 298 g/mol. The fourth-order valence-corrected chi connectivity index (χ4v) is 2.73. The highest BCUT2D eigenvalue weighted by molar-refractivity contribution is 9.10. The first-order valence-corrected chi connectivity index (χ1v) is 6.17. The van der Waals surface area contributed by atoms with Gasteiger partial charge < -0.3 is 8.98 Å². The summed E-state index contributed by atoms with van der Waals surface area (Å²) < 4.78 is 7.82. The summed E-state index contributed by atoms with van der Waals surface area (Å²) in [6.45, 7) is 1.93. The molecule has 0 aliphatic carbocycles. The lowest BCUT2D eigenvalue weighted by Gasteiger charge is -2.04. The van der Waals surface area contributed by atoms with Crippen LogP contribution in [0.2, 0.25) is 0 Å². The van der Waals surface area contributed by atoms with E-state index in [1.807, 2.05) is 36.7 Å². The van der Waals surface area contributed by atoms with E-state index >= 15 is 0 Å². The number of hydrogen-bond acceptors (Lipinski definition) is 3. The molecule has 0 atom stereocenters. The number of nitrogens with one attached hydrogen (secondary N) is 1. The Hall–Kier alpha value is -1.82. The number of aromatic nitrogens is 3. The second-order valence-corrected chi connectivity index (χ2v) is 4.83. The molecule has 3 rings (SSSR count). The number of H-pyrrole nitrogens is 1. The number of nitrogens with zero attached hydrogens (tertiary/aromatic N) is 2. The van der Waals surface area contributed by atoms with Crippen molar-refractivity contribution < 1.29 is 4.42 Å². The number of rotatable bonds is 1. The summed E-state index contributed by atoms with van der Waals surface area (Å²) in [5, 5.41) is 0. The van der Waals surface area contributed by atoms with Gasteiger partial charge in [0.1, 0.15) is 10.4 Å². The van der Waals surface area contributed by atoms with Crippen molar-refractivity contribution in [2.75, 3.05) is 0 Å². The quantitative estimate of drug-likeness (QED) is 0.751. The molecule has 0 saturated heterocycles. The van der Waals surface area contributed by atoms with E-state index in [2.05, 4.69) is 25.9 Å². The van der Waals surface area contributed by atoms with Crippen molar-refractivity contribution in [2.45, 2.75) is 6.92 Å². The number of aromatic amines is 1. The normalized spacial score (nSPS) is 11.3. The van der Waals surface area contributed by atoms with Gasteiger partial charge in [-0.25, -0.2) is 9.78 Å². The van der Waals surface area contributed by atoms with Crippen LogP contribution in [0.1, 0.15) is 5.82 Å². The highest BCUT2D eigenvalue weighted by Crippen LogP contribution is 2.29. The van der Waals surface area contributed by atoms with Gasteiger partial charge in [-0.05, 0) is 35.0 Å². The molecule has 0 bridgehead atoms. The van der Waals surface area contributed by atoms with E-state index in [-0.39, 0.29) is 0 Å². The molecule has 0 amide bonds. The molecule has 0 spiro atoms. The van der Waals surface area contributed by atoms with E-state index in [0.717, 1.165) is 21.7 Å². The number of hydrogen-bond donors (Lipinski definition) is 1. The van der Waals surface area contributed by atoms with Gasteiger partial charge in [-0.1, -0.05) is 6.07 Å². The van der Waals surface area contributed by atoms with Crippen molar-refractivity contribution in [1.82, 2.24) is 14.5 Å². The summed E-state index contributed by atoms with van der Waals surface area (Å²) in [6.07, 6.45) is 0. The van der Waals surface area contributed by atoms with Crippen molar-refractivity contribution in [3.8, 4) is 11.3 Å². The Morgan fingerprint density at radius 2 is 2.22 bits per heavy atom. The second kappa shape index (κ2) is 3.84. The van der Waals surface area contributed by atoms with E-state index in [1.54, 1.807) is 0 Å². The number of fused-ring (bicyclic) bond motifs is 1. The summed E-state index contributed by atoms with van der Waals surface area (Å²) in [5.74, 6) is 0.467. The van der Waals surface area contributed by atoms with Crippen molar-refractivity contribution in [3.63, 3.8) is 0 Å². The zero-order chi connectivity index (χ0) is 12.9. The molecule has 92 valence electrons. The Morgan fingerprint density at radius 1 is 1.44 bits per heavy atom. The van der Waals surface area contributed by atoms with Gasteiger partial charge in [0, 0.05) is 12.6 Å². The van der Waals surface area contributed by atoms with Crippen LogP contribution in [0.25, 0.3) is 22.4 Å². The maximum Gasteiger partial charge on any atom is 0.417 e. The van der Waals surface area contributed by atoms with Crippen LogP contribution in [-0.2, 0) is 7.05 Å². The third-order valence-electron chi connectivity index (χ3n) is 2.97.